The van der Waals surface area contributed by atoms with Crippen molar-refractivity contribution in [3.05, 3.63) is 48.3 Å². The summed E-state index contributed by atoms with van der Waals surface area (Å²) in [5, 5.41) is 9.39. The number of nitrogens with zero attached hydrogens (tertiary/aromatic N) is 1. The van der Waals surface area contributed by atoms with Crippen LogP contribution in [0.5, 0.6) is 5.75 Å². The molecule has 1 N–H and O–H groups in total. The lowest BCUT2D eigenvalue weighted by Crippen LogP contribution is -1.94. The summed E-state index contributed by atoms with van der Waals surface area (Å²) in [6.45, 7) is 1.71. The van der Waals surface area contributed by atoms with Crippen LogP contribution >= 0.6 is 11.8 Å². The summed E-state index contributed by atoms with van der Waals surface area (Å²) in [4.78, 5) is 6.35. The number of rotatable bonds is 4. The molecule has 0 aliphatic heterocycles. The lowest BCUT2D eigenvalue weighted by atomic mass is 10.2. The highest BCUT2D eigenvalue weighted by atomic mass is 32.2. The standard InChI is InChI=1S/C14H15NO2S/c1-10(16)14-7-6-13(9-15-14)18-12-5-3-4-11(8-12)17-2/h3-10,16H,1-2H3/t10-/m0/s1. The predicted molar refractivity (Wildman–Crippen MR) is 72.0 cm³/mol. The monoisotopic (exact) mass is 261 g/mol. The molecule has 1 heterocycles. The van der Waals surface area contributed by atoms with E-state index in [1.807, 2.05) is 36.4 Å². The largest absolute Gasteiger partial charge is 0.497 e. The van der Waals surface area contributed by atoms with Gasteiger partial charge < -0.3 is 9.84 Å². The molecule has 0 aliphatic rings. The summed E-state index contributed by atoms with van der Waals surface area (Å²) >= 11 is 1.61. The second-order valence-electron chi connectivity index (χ2n) is 3.88. The number of hydrogen-bond acceptors (Lipinski definition) is 4. The van der Waals surface area contributed by atoms with Gasteiger partial charge in [-0.05, 0) is 37.3 Å². The van der Waals surface area contributed by atoms with Crippen molar-refractivity contribution in [3.8, 4) is 5.75 Å². The highest BCUT2D eigenvalue weighted by molar-refractivity contribution is 7.99. The Balaban J connectivity index is 2.13. The van der Waals surface area contributed by atoms with Gasteiger partial charge in [0.15, 0.2) is 0 Å². The summed E-state index contributed by atoms with van der Waals surface area (Å²) < 4.78 is 5.18. The number of pyridine rings is 1. The van der Waals surface area contributed by atoms with E-state index in [0.29, 0.717) is 5.69 Å². The van der Waals surface area contributed by atoms with Crippen LogP contribution in [0.3, 0.4) is 0 Å². The van der Waals surface area contributed by atoms with E-state index in [-0.39, 0.29) is 0 Å². The molecule has 0 bridgehead atoms. The Morgan fingerprint density at radius 1 is 1.22 bits per heavy atom. The van der Waals surface area contributed by atoms with Crippen molar-refractivity contribution in [2.45, 2.75) is 22.8 Å². The number of aliphatic hydroxyl groups excluding tert-OH is 1. The van der Waals surface area contributed by atoms with E-state index < -0.39 is 6.10 Å². The van der Waals surface area contributed by atoms with Crippen LogP contribution in [0.2, 0.25) is 0 Å². The van der Waals surface area contributed by atoms with Gasteiger partial charge in [0.1, 0.15) is 5.75 Å². The second-order valence-corrected chi connectivity index (χ2v) is 5.02. The highest BCUT2D eigenvalue weighted by Gasteiger charge is 2.03. The molecule has 1 aromatic heterocycles. The van der Waals surface area contributed by atoms with Crippen molar-refractivity contribution in [1.29, 1.82) is 0 Å². The van der Waals surface area contributed by atoms with Gasteiger partial charge >= 0.3 is 0 Å². The minimum atomic E-state index is -0.527. The van der Waals surface area contributed by atoms with Gasteiger partial charge in [-0.15, -0.1) is 0 Å². The first-order chi connectivity index (χ1) is 8.69. The molecule has 0 saturated carbocycles. The summed E-state index contributed by atoms with van der Waals surface area (Å²) in [7, 11) is 1.66. The number of aliphatic hydroxyl groups is 1. The van der Waals surface area contributed by atoms with Crippen LogP contribution in [0.25, 0.3) is 0 Å². The van der Waals surface area contributed by atoms with Crippen LogP contribution in [-0.4, -0.2) is 17.2 Å². The third-order valence-electron chi connectivity index (χ3n) is 2.46. The van der Waals surface area contributed by atoms with Crippen molar-refractivity contribution in [2.75, 3.05) is 7.11 Å². The topological polar surface area (TPSA) is 42.4 Å². The zero-order valence-corrected chi connectivity index (χ0v) is 11.1. The lowest BCUT2D eigenvalue weighted by Gasteiger charge is -2.06. The average molecular weight is 261 g/mol. The molecule has 1 atom stereocenters. The first kappa shape index (κ1) is 12.9. The molecule has 0 amide bonds. The molecular weight excluding hydrogens is 246 g/mol. The Hall–Kier alpha value is -1.52. The smallest absolute Gasteiger partial charge is 0.119 e. The number of benzene rings is 1. The van der Waals surface area contributed by atoms with Crippen LogP contribution in [0.4, 0.5) is 0 Å². The van der Waals surface area contributed by atoms with Gasteiger partial charge in [0.05, 0.1) is 18.9 Å². The van der Waals surface area contributed by atoms with Crippen LogP contribution in [0.1, 0.15) is 18.7 Å². The SMILES string of the molecule is COc1cccc(Sc2ccc([C@H](C)O)nc2)c1. The molecule has 1 aromatic carbocycles. The normalized spacial score (nSPS) is 12.2. The van der Waals surface area contributed by atoms with Gasteiger partial charge in [-0.2, -0.15) is 0 Å². The fraction of sp³-hybridized carbons (Fsp3) is 0.214. The minimum absolute atomic E-state index is 0.527. The Bertz CT molecular complexity index is 511. The Morgan fingerprint density at radius 2 is 2.06 bits per heavy atom. The summed E-state index contributed by atoms with van der Waals surface area (Å²) in [5.74, 6) is 0.841. The van der Waals surface area contributed by atoms with Crippen LogP contribution in [0.15, 0.2) is 52.4 Å². The fourth-order valence-electron chi connectivity index (χ4n) is 1.50. The van der Waals surface area contributed by atoms with E-state index in [4.69, 9.17) is 4.74 Å². The maximum atomic E-state index is 9.39. The molecule has 0 aliphatic carbocycles. The van der Waals surface area contributed by atoms with E-state index in [1.165, 1.54) is 0 Å². The van der Waals surface area contributed by atoms with Crippen molar-refractivity contribution >= 4 is 11.8 Å². The van der Waals surface area contributed by atoms with Crippen LogP contribution in [0, 0.1) is 0 Å². The molecule has 94 valence electrons. The molecular formula is C14H15NO2S. The van der Waals surface area contributed by atoms with E-state index in [0.717, 1.165) is 15.5 Å². The maximum absolute atomic E-state index is 9.39. The molecule has 4 heteroatoms. The number of aromatic nitrogens is 1. The predicted octanol–water partition coefficient (Wildman–Crippen LogP) is 3.29. The Labute approximate surface area is 111 Å². The van der Waals surface area contributed by atoms with Gasteiger partial charge in [-0.1, -0.05) is 17.8 Å². The molecule has 0 spiro atoms. The first-order valence-corrected chi connectivity index (χ1v) is 6.46. The molecule has 3 nitrogen and oxygen atoms in total. The van der Waals surface area contributed by atoms with Gasteiger partial charge in [0.2, 0.25) is 0 Å². The minimum Gasteiger partial charge on any atom is -0.497 e. The Kier molecular flexibility index (Phi) is 4.23. The van der Waals surface area contributed by atoms with Crippen molar-refractivity contribution in [1.82, 2.24) is 4.98 Å². The van der Waals surface area contributed by atoms with Crippen molar-refractivity contribution < 1.29 is 9.84 Å². The summed E-state index contributed by atoms with van der Waals surface area (Å²) in [6.07, 6.45) is 1.24. The van der Waals surface area contributed by atoms with Gasteiger partial charge in [0.25, 0.3) is 0 Å². The zero-order chi connectivity index (χ0) is 13.0. The van der Waals surface area contributed by atoms with E-state index >= 15 is 0 Å². The summed E-state index contributed by atoms with van der Waals surface area (Å²) in [5.41, 5.74) is 0.685. The molecule has 0 saturated heterocycles. The summed E-state index contributed by atoms with van der Waals surface area (Å²) in [6, 6.07) is 11.7. The van der Waals surface area contributed by atoms with Crippen LogP contribution in [-0.2, 0) is 0 Å². The number of hydrogen-bond donors (Lipinski definition) is 1. The molecule has 0 radical (unpaired) electrons. The molecule has 0 fully saturated rings. The number of ether oxygens (including phenoxy) is 1. The van der Waals surface area contributed by atoms with Crippen molar-refractivity contribution in [3.63, 3.8) is 0 Å². The quantitative estimate of drug-likeness (QED) is 0.917. The van der Waals surface area contributed by atoms with Gasteiger partial charge in [-0.3, -0.25) is 4.98 Å². The first-order valence-electron chi connectivity index (χ1n) is 5.65. The second kappa shape index (κ2) is 5.89. The third kappa shape index (κ3) is 3.24. The van der Waals surface area contributed by atoms with E-state index in [9.17, 15) is 5.11 Å². The average Bonchev–Trinajstić information content (AvgIpc) is 2.39. The highest BCUT2D eigenvalue weighted by Crippen LogP contribution is 2.29. The lowest BCUT2D eigenvalue weighted by molar-refractivity contribution is 0.194. The molecule has 2 rings (SSSR count). The third-order valence-corrected chi connectivity index (χ3v) is 3.43. The van der Waals surface area contributed by atoms with E-state index in [2.05, 4.69) is 4.98 Å². The van der Waals surface area contributed by atoms with Crippen molar-refractivity contribution in [2.24, 2.45) is 0 Å². The molecule has 2 aromatic rings. The van der Waals surface area contributed by atoms with Crippen LogP contribution < -0.4 is 4.74 Å². The van der Waals surface area contributed by atoms with E-state index in [1.54, 1.807) is 32.0 Å². The fourth-order valence-corrected chi connectivity index (χ4v) is 2.34. The Morgan fingerprint density at radius 3 is 2.67 bits per heavy atom. The maximum Gasteiger partial charge on any atom is 0.119 e. The molecule has 0 unspecified atom stereocenters. The molecule has 18 heavy (non-hydrogen) atoms. The van der Waals surface area contributed by atoms with Gasteiger partial charge in [-0.25, -0.2) is 0 Å². The zero-order valence-electron chi connectivity index (χ0n) is 10.3. The number of methoxy groups -OCH3 is 1. The van der Waals surface area contributed by atoms with Gasteiger partial charge in [0, 0.05) is 16.0 Å².